The number of hydrogen-bond donors (Lipinski definition) is 1. The molecule has 0 bridgehead atoms. The zero-order valence-corrected chi connectivity index (χ0v) is 14.3. The first kappa shape index (κ1) is 16.2. The van der Waals surface area contributed by atoms with Gasteiger partial charge in [0.25, 0.3) is 5.60 Å². The molecule has 1 heterocycles. The van der Waals surface area contributed by atoms with Crippen LogP contribution in [0.4, 0.5) is 0 Å². The predicted molar refractivity (Wildman–Crippen MR) is 93.3 cm³/mol. The summed E-state index contributed by atoms with van der Waals surface area (Å²) in [6.07, 6.45) is 3.14. The molecule has 4 rings (SSSR count). The van der Waals surface area contributed by atoms with Crippen LogP contribution < -0.4 is 4.74 Å². The summed E-state index contributed by atoms with van der Waals surface area (Å²) in [7, 11) is 0. The maximum Gasteiger partial charge on any atom is 0.358 e. The second kappa shape index (κ2) is 5.88. The molecule has 0 amide bonds. The molecule has 2 aromatic rings. The Morgan fingerprint density at radius 1 is 1.16 bits per heavy atom. The van der Waals surface area contributed by atoms with Crippen molar-refractivity contribution < 1.29 is 19.4 Å². The van der Waals surface area contributed by atoms with Gasteiger partial charge in [-0.2, -0.15) is 0 Å². The number of rotatable bonds is 3. The Kier molecular flexibility index (Phi) is 3.80. The summed E-state index contributed by atoms with van der Waals surface area (Å²) in [5.74, 6) is 0.0477. The molecule has 1 aliphatic carbocycles. The fourth-order valence-electron chi connectivity index (χ4n) is 4.29. The Labute approximate surface area is 147 Å². The van der Waals surface area contributed by atoms with Crippen LogP contribution in [0.25, 0.3) is 0 Å². The molecule has 0 saturated heterocycles. The summed E-state index contributed by atoms with van der Waals surface area (Å²) in [5, 5.41) is 11.9. The zero-order valence-electron chi connectivity index (χ0n) is 14.3. The lowest BCUT2D eigenvalue weighted by molar-refractivity contribution is -0.189. The van der Waals surface area contributed by atoms with Gasteiger partial charge in [-0.05, 0) is 44.2 Å². The van der Waals surface area contributed by atoms with Crippen molar-refractivity contribution in [2.75, 3.05) is 6.61 Å². The summed E-state index contributed by atoms with van der Waals surface area (Å²) in [5.41, 5.74) is -0.556. The van der Waals surface area contributed by atoms with E-state index in [0.717, 1.165) is 30.4 Å². The first-order valence-corrected chi connectivity index (χ1v) is 8.90. The van der Waals surface area contributed by atoms with Gasteiger partial charge in [0.1, 0.15) is 11.4 Å². The molecule has 0 unspecified atom stereocenters. The topological polar surface area (TPSA) is 55.8 Å². The van der Waals surface area contributed by atoms with Crippen molar-refractivity contribution >= 4 is 5.97 Å². The van der Waals surface area contributed by atoms with E-state index < -0.39 is 17.2 Å². The van der Waals surface area contributed by atoms with Gasteiger partial charge in [0.05, 0.1) is 6.61 Å². The van der Waals surface area contributed by atoms with Gasteiger partial charge in [0.2, 0.25) is 0 Å². The third kappa shape index (κ3) is 2.13. The maximum atomic E-state index is 13.2. The highest BCUT2D eigenvalue weighted by Gasteiger charge is 2.67. The Morgan fingerprint density at radius 3 is 2.72 bits per heavy atom. The number of esters is 1. The fourth-order valence-corrected chi connectivity index (χ4v) is 4.29. The minimum atomic E-state index is -1.56. The Morgan fingerprint density at radius 2 is 1.96 bits per heavy atom. The van der Waals surface area contributed by atoms with Crippen LogP contribution in [0.5, 0.6) is 5.75 Å². The van der Waals surface area contributed by atoms with Gasteiger partial charge in [0, 0.05) is 11.1 Å². The van der Waals surface area contributed by atoms with E-state index in [4.69, 9.17) is 9.47 Å². The van der Waals surface area contributed by atoms with Gasteiger partial charge in [-0.15, -0.1) is 0 Å². The second-order valence-corrected chi connectivity index (χ2v) is 6.73. The molecular formula is C21H22O4. The van der Waals surface area contributed by atoms with E-state index in [1.165, 1.54) is 0 Å². The van der Waals surface area contributed by atoms with Gasteiger partial charge in [-0.3, -0.25) is 0 Å². The highest BCUT2D eigenvalue weighted by Crippen LogP contribution is 2.58. The smallest absolute Gasteiger partial charge is 0.358 e. The lowest BCUT2D eigenvalue weighted by atomic mass is 9.72. The van der Waals surface area contributed by atoms with Gasteiger partial charge in [-0.25, -0.2) is 4.79 Å². The minimum Gasteiger partial charge on any atom is -0.467 e. The molecular weight excluding hydrogens is 316 g/mol. The van der Waals surface area contributed by atoms with Crippen LogP contribution in [0.1, 0.15) is 42.9 Å². The largest absolute Gasteiger partial charge is 0.467 e. The van der Waals surface area contributed by atoms with Crippen molar-refractivity contribution in [3.63, 3.8) is 0 Å². The summed E-state index contributed by atoms with van der Waals surface area (Å²) < 4.78 is 11.6. The van der Waals surface area contributed by atoms with Crippen molar-refractivity contribution in [3.8, 4) is 5.75 Å². The van der Waals surface area contributed by atoms with Crippen molar-refractivity contribution in [2.45, 2.75) is 43.8 Å². The number of benzene rings is 2. The van der Waals surface area contributed by atoms with Crippen molar-refractivity contribution in [1.82, 2.24) is 0 Å². The molecule has 0 radical (unpaired) electrons. The summed E-state index contributed by atoms with van der Waals surface area (Å²) in [6, 6.07) is 15.0. The summed E-state index contributed by atoms with van der Waals surface area (Å²) in [4.78, 5) is 13.2. The molecule has 4 heteroatoms. The molecule has 1 aliphatic heterocycles. The quantitative estimate of drug-likeness (QED) is 0.871. The molecule has 1 N–H and O–H groups in total. The van der Waals surface area contributed by atoms with Crippen LogP contribution in [0.2, 0.25) is 0 Å². The molecule has 0 aromatic heterocycles. The predicted octanol–water partition coefficient (Wildman–Crippen LogP) is 3.45. The Bertz CT molecular complexity index is 801. The van der Waals surface area contributed by atoms with E-state index in [1.807, 2.05) is 48.5 Å². The SMILES string of the molecule is CCOC(=O)[C@]1(c2ccccc2)Oc2cccc3c2[C@@]1(O)CCCC3. The first-order chi connectivity index (χ1) is 12.1. The van der Waals surface area contributed by atoms with E-state index in [2.05, 4.69) is 0 Å². The third-order valence-corrected chi connectivity index (χ3v) is 5.35. The summed E-state index contributed by atoms with van der Waals surface area (Å²) >= 11 is 0. The van der Waals surface area contributed by atoms with Gasteiger partial charge < -0.3 is 14.6 Å². The van der Waals surface area contributed by atoms with Gasteiger partial charge in [0.15, 0.2) is 0 Å². The zero-order chi connectivity index (χ0) is 17.5. The highest BCUT2D eigenvalue weighted by atomic mass is 16.6. The number of aryl methyl sites for hydroxylation is 1. The lowest BCUT2D eigenvalue weighted by Gasteiger charge is -2.39. The van der Waals surface area contributed by atoms with Crippen LogP contribution in [-0.2, 0) is 27.2 Å². The summed E-state index contributed by atoms with van der Waals surface area (Å²) in [6.45, 7) is 2.00. The number of hydrogen-bond acceptors (Lipinski definition) is 4. The van der Waals surface area contributed by atoms with Crippen LogP contribution >= 0.6 is 0 Å². The number of carbonyl (C=O) groups is 1. The van der Waals surface area contributed by atoms with E-state index in [1.54, 1.807) is 6.92 Å². The molecule has 4 nitrogen and oxygen atoms in total. The van der Waals surface area contributed by atoms with Gasteiger partial charge >= 0.3 is 5.97 Å². The van der Waals surface area contributed by atoms with E-state index >= 15 is 0 Å². The molecule has 2 atom stereocenters. The van der Waals surface area contributed by atoms with E-state index in [-0.39, 0.29) is 6.61 Å². The van der Waals surface area contributed by atoms with Gasteiger partial charge in [-0.1, -0.05) is 42.5 Å². The Balaban J connectivity index is 2.00. The Hall–Kier alpha value is -2.33. The number of ether oxygens (including phenoxy) is 2. The standard InChI is InChI=1S/C21H22O4/c1-2-24-19(22)21(16-11-4-3-5-12-16)20(23)14-7-6-9-15-10-8-13-17(25-21)18(15)20/h3-5,8,10-13,23H,2,6-7,9,14H2,1H3/t20-,21-/m0/s1. The highest BCUT2D eigenvalue weighted by molar-refractivity contribution is 5.86. The average Bonchev–Trinajstić information content (AvgIpc) is 2.77. The van der Waals surface area contributed by atoms with Crippen molar-refractivity contribution in [3.05, 3.63) is 65.2 Å². The number of carbonyl (C=O) groups excluding carboxylic acids is 1. The van der Waals surface area contributed by atoms with Crippen molar-refractivity contribution in [1.29, 1.82) is 0 Å². The monoisotopic (exact) mass is 338 g/mol. The molecule has 130 valence electrons. The minimum absolute atomic E-state index is 0.232. The second-order valence-electron chi connectivity index (χ2n) is 6.73. The van der Waals surface area contributed by atoms with Crippen LogP contribution in [0, 0.1) is 0 Å². The lowest BCUT2D eigenvalue weighted by Crippen LogP contribution is -2.55. The first-order valence-electron chi connectivity index (χ1n) is 8.90. The number of aliphatic hydroxyl groups is 1. The molecule has 0 saturated carbocycles. The van der Waals surface area contributed by atoms with Crippen LogP contribution in [0.3, 0.4) is 0 Å². The molecule has 2 aromatic carbocycles. The molecule has 2 aliphatic rings. The molecule has 0 spiro atoms. The fraction of sp³-hybridized carbons (Fsp3) is 0.381. The van der Waals surface area contributed by atoms with Crippen LogP contribution in [-0.4, -0.2) is 17.7 Å². The normalized spacial score (nSPS) is 27.1. The maximum absolute atomic E-state index is 13.2. The van der Waals surface area contributed by atoms with Crippen LogP contribution in [0.15, 0.2) is 48.5 Å². The van der Waals surface area contributed by atoms with E-state index in [0.29, 0.717) is 17.7 Å². The average molecular weight is 338 g/mol. The van der Waals surface area contributed by atoms with E-state index in [9.17, 15) is 9.90 Å². The third-order valence-electron chi connectivity index (χ3n) is 5.35. The molecule has 0 fully saturated rings. The van der Waals surface area contributed by atoms with Crippen molar-refractivity contribution in [2.24, 2.45) is 0 Å². The molecule has 25 heavy (non-hydrogen) atoms.